The van der Waals surface area contributed by atoms with Gasteiger partial charge in [-0.2, -0.15) is 0 Å². The number of halogens is 4. The van der Waals surface area contributed by atoms with Gasteiger partial charge in [-0.1, -0.05) is 40.9 Å². The molecule has 2 aromatic rings. The summed E-state index contributed by atoms with van der Waals surface area (Å²) in [5, 5.41) is 1.69. The van der Waals surface area contributed by atoms with Gasteiger partial charge in [-0.25, -0.2) is 4.79 Å². The molecule has 0 N–H and O–H groups in total. The third kappa shape index (κ3) is 2.74. The molecule has 0 aromatic heterocycles. The lowest BCUT2D eigenvalue weighted by Gasteiger charge is -2.12. The monoisotopic (exact) mass is 360 g/mol. The van der Waals surface area contributed by atoms with Crippen LogP contribution in [0.1, 0.15) is 16.7 Å². The average Bonchev–Trinajstić information content (AvgIpc) is 2.76. The number of fused-ring (bicyclic) bond motifs is 3. The number of carbonyl (C=O) groups is 1. The Morgan fingerprint density at radius 3 is 2.62 bits per heavy atom. The van der Waals surface area contributed by atoms with E-state index in [4.69, 9.17) is 51.1 Å². The molecule has 0 saturated carbocycles. The highest BCUT2D eigenvalue weighted by Crippen LogP contribution is 2.45. The maximum absolute atomic E-state index is 10.8. The Morgan fingerprint density at radius 1 is 1.14 bits per heavy atom. The summed E-state index contributed by atoms with van der Waals surface area (Å²) in [5.41, 5.74) is 3.80. The molecule has 0 aliphatic heterocycles. The second kappa shape index (κ2) is 5.69. The highest BCUT2D eigenvalue weighted by atomic mass is 35.5. The van der Waals surface area contributed by atoms with Crippen LogP contribution in [-0.4, -0.2) is 5.43 Å². The van der Waals surface area contributed by atoms with E-state index in [0.717, 1.165) is 27.8 Å². The first-order valence-corrected chi connectivity index (χ1v) is 7.59. The van der Waals surface area contributed by atoms with Gasteiger partial charge in [0.2, 0.25) is 0 Å². The second-order valence-corrected chi connectivity index (χ2v) is 6.24. The molecule has 108 valence electrons. The summed E-state index contributed by atoms with van der Waals surface area (Å²) in [6, 6.07) is 7.31. The summed E-state index contributed by atoms with van der Waals surface area (Å²) >= 11 is 23.8. The van der Waals surface area contributed by atoms with Gasteiger partial charge in [-0.15, -0.1) is 0 Å². The maximum Gasteiger partial charge on any atom is 0.404 e. The first-order chi connectivity index (χ1) is 9.97. The molecular formula is C15H8Cl4O2. The zero-order valence-electron chi connectivity index (χ0n) is 10.6. The fourth-order valence-electron chi connectivity index (χ4n) is 2.62. The number of carbonyl (C=O) groups excluding carboxylic acids is 1. The summed E-state index contributed by atoms with van der Waals surface area (Å²) in [5.74, 6) is 0. The molecule has 3 rings (SSSR count). The van der Waals surface area contributed by atoms with Crippen LogP contribution in [0, 0.1) is 0 Å². The fourth-order valence-corrected chi connectivity index (χ4v) is 3.53. The van der Waals surface area contributed by atoms with Crippen molar-refractivity contribution in [3.8, 4) is 11.1 Å². The predicted molar refractivity (Wildman–Crippen MR) is 85.8 cm³/mol. The quantitative estimate of drug-likeness (QED) is 0.516. The van der Waals surface area contributed by atoms with E-state index in [1.165, 1.54) is 0 Å². The average molecular weight is 362 g/mol. The van der Waals surface area contributed by atoms with Crippen LogP contribution in [0.5, 0.6) is 0 Å². The minimum atomic E-state index is -0.867. The van der Waals surface area contributed by atoms with Crippen LogP contribution in [0.3, 0.4) is 0 Å². The molecule has 0 unspecified atom stereocenters. The zero-order valence-corrected chi connectivity index (χ0v) is 13.6. The molecule has 0 heterocycles. The van der Waals surface area contributed by atoms with E-state index in [0.29, 0.717) is 21.5 Å². The van der Waals surface area contributed by atoms with Crippen molar-refractivity contribution in [2.75, 3.05) is 0 Å². The van der Waals surface area contributed by atoms with Gasteiger partial charge in [-0.05, 0) is 41.3 Å². The lowest BCUT2D eigenvalue weighted by Crippen LogP contribution is -2.00. The fraction of sp³-hybridized carbons (Fsp3) is 0.133. The van der Waals surface area contributed by atoms with Crippen molar-refractivity contribution >= 4 is 51.8 Å². The van der Waals surface area contributed by atoms with E-state index in [2.05, 4.69) is 0 Å². The third-order valence-corrected chi connectivity index (χ3v) is 4.46. The van der Waals surface area contributed by atoms with E-state index in [1.807, 2.05) is 18.2 Å². The summed E-state index contributed by atoms with van der Waals surface area (Å²) in [7, 11) is 0. The smallest absolute Gasteiger partial charge is 0.404 e. The van der Waals surface area contributed by atoms with Gasteiger partial charge in [0.05, 0.1) is 5.02 Å². The first kappa shape index (κ1) is 15.0. The van der Waals surface area contributed by atoms with Gasteiger partial charge in [0, 0.05) is 32.8 Å². The van der Waals surface area contributed by atoms with Crippen molar-refractivity contribution in [1.29, 1.82) is 0 Å². The first-order valence-electron chi connectivity index (χ1n) is 6.08. The molecule has 0 spiro atoms. The molecule has 0 saturated heterocycles. The molecule has 2 nitrogen and oxygen atoms in total. The lowest BCUT2D eigenvalue weighted by atomic mass is 10.0. The van der Waals surface area contributed by atoms with E-state index >= 15 is 0 Å². The SMILES string of the molecule is O=C(Cl)OCc1c(Cl)cc(Cl)c2c1Cc1cc(Cl)ccc1-2. The molecule has 0 radical (unpaired) electrons. The standard InChI is InChI=1S/C15H8Cl4O2/c16-8-1-2-9-7(3-8)4-10-11(6-21-15(19)20)12(17)5-13(18)14(9)10/h1-3,5H,4,6H2. The maximum atomic E-state index is 10.8. The van der Waals surface area contributed by atoms with Crippen LogP contribution in [0.2, 0.25) is 15.1 Å². The van der Waals surface area contributed by atoms with Crippen molar-refractivity contribution < 1.29 is 9.53 Å². The Labute approximate surface area is 141 Å². The molecule has 0 bridgehead atoms. The van der Waals surface area contributed by atoms with Crippen molar-refractivity contribution in [2.24, 2.45) is 0 Å². The van der Waals surface area contributed by atoms with Crippen LogP contribution in [-0.2, 0) is 17.8 Å². The van der Waals surface area contributed by atoms with Gasteiger partial charge in [0.25, 0.3) is 0 Å². The highest BCUT2D eigenvalue weighted by molar-refractivity contribution is 6.61. The van der Waals surface area contributed by atoms with Crippen LogP contribution in [0.15, 0.2) is 24.3 Å². The van der Waals surface area contributed by atoms with Gasteiger partial charge >= 0.3 is 5.43 Å². The van der Waals surface area contributed by atoms with Gasteiger partial charge < -0.3 is 4.74 Å². The zero-order chi connectivity index (χ0) is 15.1. The van der Waals surface area contributed by atoms with Crippen molar-refractivity contribution in [2.45, 2.75) is 13.0 Å². The lowest BCUT2D eigenvalue weighted by molar-refractivity contribution is 0.167. The Hall–Kier alpha value is -0.930. The molecule has 1 aliphatic carbocycles. The third-order valence-electron chi connectivity index (χ3n) is 3.48. The van der Waals surface area contributed by atoms with Crippen LogP contribution in [0.4, 0.5) is 4.79 Å². The summed E-state index contributed by atoms with van der Waals surface area (Å²) in [6.45, 7) is 0.0163. The van der Waals surface area contributed by atoms with Gasteiger partial charge in [0.1, 0.15) is 6.61 Å². The molecule has 21 heavy (non-hydrogen) atoms. The highest BCUT2D eigenvalue weighted by Gasteiger charge is 2.26. The molecule has 0 amide bonds. The number of hydrogen-bond acceptors (Lipinski definition) is 2. The van der Waals surface area contributed by atoms with E-state index in [1.54, 1.807) is 6.07 Å². The van der Waals surface area contributed by atoms with Crippen LogP contribution in [0.25, 0.3) is 11.1 Å². The molecule has 6 heteroatoms. The van der Waals surface area contributed by atoms with E-state index in [-0.39, 0.29) is 6.61 Å². The topological polar surface area (TPSA) is 26.3 Å². The summed E-state index contributed by atoms with van der Waals surface area (Å²) in [6.07, 6.45) is 0.640. The van der Waals surface area contributed by atoms with Crippen molar-refractivity contribution in [3.63, 3.8) is 0 Å². The Morgan fingerprint density at radius 2 is 1.90 bits per heavy atom. The Kier molecular flexibility index (Phi) is 4.06. The van der Waals surface area contributed by atoms with Crippen molar-refractivity contribution in [3.05, 3.63) is 56.0 Å². The van der Waals surface area contributed by atoms with Crippen LogP contribution < -0.4 is 0 Å². The summed E-state index contributed by atoms with van der Waals surface area (Å²) < 4.78 is 4.87. The van der Waals surface area contributed by atoms with E-state index in [9.17, 15) is 4.79 Å². The largest absolute Gasteiger partial charge is 0.449 e. The number of hydrogen-bond donors (Lipinski definition) is 0. The van der Waals surface area contributed by atoms with E-state index < -0.39 is 5.43 Å². The molecule has 1 aliphatic rings. The molecule has 0 atom stereocenters. The minimum absolute atomic E-state index is 0.0163. The van der Waals surface area contributed by atoms with Gasteiger partial charge in [-0.3, -0.25) is 0 Å². The number of ether oxygens (including phenoxy) is 1. The molecule has 2 aromatic carbocycles. The number of benzene rings is 2. The number of rotatable bonds is 2. The molecular weight excluding hydrogens is 354 g/mol. The predicted octanol–water partition coefficient (Wildman–Crippen LogP) is 6.09. The molecule has 0 fully saturated rings. The minimum Gasteiger partial charge on any atom is -0.449 e. The second-order valence-electron chi connectivity index (χ2n) is 4.68. The Balaban J connectivity index is 2.14. The Bertz CT molecular complexity index is 756. The van der Waals surface area contributed by atoms with Gasteiger partial charge in [0.15, 0.2) is 0 Å². The normalized spacial score (nSPS) is 12.0. The summed E-state index contributed by atoms with van der Waals surface area (Å²) in [4.78, 5) is 10.8. The van der Waals surface area contributed by atoms with Crippen molar-refractivity contribution in [1.82, 2.24) is 0 Å². The van der Waals surface area contributed by atoms with Crippen LogP contribution >= 0.6 is 46.4 Å².